The fourth-order valence-electron chi connectivity index (χ4n) is 4.24. The zero-order valence-electron chi connectivity index (χ0n) is 16.6. The minimum Gasteiger partial charge on any atom is -0.488 e. The number of para-hydroxylation sites is 1. The second-order valence-electron chi connectivity index (χ2n) is 7.90. The van der Waals surface area contributed by atoms with Crippen LogP contribution in [0, 0.1) is 13.8 Å². The molecule has 2 N–H and O–H groups in total. The van der Waals surface area contributed by atoms with E-state index in [0.717, 1.165) is 62.2 Å². The molecule has 3 unspecified atom stereocenters. The van der Waals surface area contributed by atoms with Gasteiger partial charge < -0.3 is 15.4 Å². The number of hydrogen-bond acceptors (Lipinski definition) is 5. The highest BCUT2D eigenvalue weighted by molar-refractivity contribution is 5.93. The topological polar surface area (TPSA) is 81.1 Å². The lowest BCUT2D eigenvalue weighted by molar-refractivity contribution is 0.0791. The Labute approximate surface area is 165 Å². The van der Waals surface area contributed by atoms with Gasteiger partial charge in [-0.15, -0.1) is 5.10 Å². The van der Waals surface area contributed by atoms with Crippen LogP contribution in [0.4, 0.5) is 0 Å². The van der Waals surface area contributed by atoms with Crippen molar-refractivity contribution in [2.75, 3.05) is 13.1 Å². The van der Waals surface area contributed by atoms with E-state index in [-0.39, 0.29) is 24.1 Å². The largest absolute Gasteiger partial charge is 0.488 e. The molecule has 7 heteroatoms. The Kier molecular flexibility index (Phi) is 5.62. The summed E-state index contributed by atoms with van der Waals surface area (Å²) in [6.07, 6.45) is 5.07. The smallest absolute Gasteiger partial charge is 0.274 e. The van der Waals surface area contributed by atoms with Crippen LogP contribution in [0.5, 0.6) is 5.75 Å². The molecule has 1 aliphatic carbocycles. The molecule has 7 nitrogen and oxygen atoms in total. The molecular formula is C21H29N5O2. The monoisotopic (exact) mass is 383 g/mol. The molecule has 28 heavy (non-hydrogen) atoms. The van der Waals surface area contributed by atoms with Gasteiger partial charge in [0, 0.05) is 6.54 Å². The van der Waals surface area contributed by atoms with Gasteiger partial charge in [-0.2, -0.15) is 0 Å². The number of nitrogens with zero attached hydrogens (tertiary/aromatic N) is 3. The molecule has 0 bridgehead atoms. The zero-order chi connectivity index (χ0) is 19.5. The van der Waals surface area contributed by atoms with Crippen molar-refractivity contribution in [3.63, 3.8) is 0 Å². The van der Waals surface area contributed by atoms with Crippen molar-refractivity contribution in [1.29, 1.82) is 0 Å². The Morgan fingerprint density at radius 1 is 1.21 bits per heavy atom. The first-order chi connectivity index (χ1) is 13.6. The molecule has 1 aliphatic heterocycles. The van der Waals surface area contributed by atoms with Crippen molar-refractivity contribution >= 4 is 5.91 Å². The summed E-state index contributed by atoms with van der Waals surface area (Å²) in [7, 11) is 0. The number of rotatable bonds is 5. The summed E-state index contributed by atoms with van der Waals surface area (Å²) >= 11 is 0. The van der Waals surface area contributed by atoms with Gasteiger partial charge in [-0.1, -0.05) is 29.8 Å². The fourth-order valence-corrected chi connectivity index (χ4v) is 4.24. The maximum Gasteiger partial charge on any atom is 0.274 e. The lowest BCUT2D eigenvalue weighted by Crippen LogP contribution is -2.48. The van der Waals surface area contributed by atoms with Gasteiger partial charge in [0.25, 0.3) is 5.91 Å². The number of nitrogens with one attached hydrogen (secondary N) is 2. The standard InChI is InChI=1S/C21H29N5O2/c1-14-7-3-5-9-18(14)28-19-10-6-4-8-17(19)23-21(27)20-15(2)26(25-24-20)16-11-12-22-13-16/h3,5,7,9,16-17,19,22H,4,6,8,10-13H2,1-2H3,(H,23,27). The van der Waals surface area contributed by atoms with Gasteiger partial charge in [0.1, 0.15) is 11.9 Å². The Hall–Kier alpha value is -2.41. The highest BCUT2D eigenvalue weighted by Gasteiger charge is 2.31. The molecule has 1 saturated carbocycles. The molecule has 1 aromatic carbocycles. The Bertz CT molecular complexity index is 828. The number of aryl methyl sites for hydroxylation is 1. The number of ether oxygens (including phenoxy) is 1. The van der Waals surface area contributed by atoms with Crippen LogP contribution in [0.15, 0.2) is 24.3 Å². The van der Waals surface area contributed by atoms with E-state index < -0.39 is 0 Å². The molecule has 2 fully saturated rings. The summed E-state index contributed by atoms with van der Waals surface area (Å²) in [5.41, 5.74) is 2.37. The zero-order valence-corrected chi connectivity index (χ0v) is 16.6. The minimum absolute atomic E-state index is 0.0152. The molecule has 150 valence electrons. The van der Waals surface area contributed by atoms with E-state index >= 15 is 0 Å². The summed E-state index contributed by atoms with van der Waals surface area (Å²) in [4.78, 5) is 12.9. The first-order valence-electron chi connectivity index (χ1n) is 10.3. The van der Waals surface area contributed by atoms with E-state index in [1.807, 2.05) is 42.8 Å². The normalized spacial score (nSPS) is 24.9. The van der Waals surface area contributed by atoms with Crippen LogP contribution in [0.1, 0.15) is 59.9 Å². The fraction of sp³-hybridized carbons (Fsp3) is 0.571. The third-order valence-corrected chi connectivity index (χ3v) is 5.91. The summed E-state index contributed by atoms with van der Waals surface area (Å²) in [6, 6.07) is 8.30. The molecular weight excluding hydrogens is 354 g/mol. The molecule has 4 rings (SSSR count). The molecule has 0 spiro atoms. The predicted octanol–water partition coefficient (Wildman–Crippen LogP) is 2.55. The average molecular weight is 383 g/mol. The highest BCUT2D eigenvalue weighted by atomic mass is 16.5. The molecule has 2 heterocycles. The van der Waals surface area contributed by atoms with Crippen LogP contribution in [0.3, 0.4) is 0 Å². The summed E-state index contributed by atoms with van der Waals surface area (Å²) in [6.45, 7) is 5.83. The molecule has 1 aromatic heterocycles. The summed E-state index contributed by atoms with van der Waals surface area (Å²) in [5, 5.41) is 14.9. The van der Waals surface area contributed by atoms with Crippen LogP contribution in [-0.4, -0.2) is 46.1 Å². The van der Waals surface area contributed by atoms with E-state index in [4.69, 9.17) is 4.74 Å². The van der Waals surface area contributed by atoms with Crippen LogP contribution >= 0.6 is 0 Å². The van der Waals surface area contributed by atoms with Crippen molar-refractivity contribution in [2.45, 2.75) is 64.1 Å². The van der Waals surface area contributed by atoms with Crippen molar-refractivity contribution in [1.82, 2.24) is 25.6 Å². The maximum absolute atomic E-state index is 12.9. The molecule has 2 aromatic rings. The molecule has 0 radical (unpaired) electrons. The van der Waals surface area contributed by atoms with E-state index in [0.29, 0.717) is 5.69 Å². The van der Waals surface area contributed by atoms with E-state index in [9.17, 15) is 4.79 Å². The highest BCUT2D eigenvalue weighted by Crippen LogP contribution is 2.26. The van der Waals surface area contributed by atoms with Crippen LogP contribution < -0.4 is 15.4 Å². The second kappa shape index (κ2) is 8.31. The number of benzene rings is 1. The molecule has 1 amide bonds. The average Bonchev–Trinajstić information content (AvgIpc) is 3.34. The van der Waals surface area contributed by atoms with Gasteiger partial charge in [-0.25, -0.2) is 4.68 Å². The van der Waals surface area contributed by atoms with E-state index in [1.165, 1.54) is 0 Å². The van der Waals surface area contributed by atoms with Gasteiger partial charge in [-0.3, -0.25) is 4.79 Å². The third-order valence-electron chi connectivity index (χ3n) is 5.91. The number of aromatic nitrogens is 3. The van der Waals surface area contributed by atoms with Gasteiger partial charge in [-0.05, 0) is 57.7 Å². The number of amides is 1. The van der Waals surface area contributed by atoms with E-state index in [2.05, 4.69) is 20.9 Å². The number of hydrogen-bond donors (Lipinski definition) is 2. The second-order valence-corrected chi connectivity index (χ2v) is 7.90. The Morgan fingerprint density at radius 2 is 2.04 bits per heavy atom. The first-order valence-corrected chi connectivity index (χ1v) is 10.3. The van der Waals surface area contributed by atoms with Crippen molar-refractivity contribution in [3.05, 3.63) is 41.2 Å². The minimum atomic E-state index is -0.153. The Morgan fingerprint density at radius 3 is 2.82 bits per heavy atom. The number of carbonyl (C=O) groups is 1. The number of carbonyl (C=O) groups excluding carboxylic acids is 1. The van der Waals surface area contributed by atoms with Crippen LogP contribution in [0.2, 0.25) is 0 Å². The molecule has 1 saturated heterocycles. The lowest BCUT2D eigenvalue weighted by atomic mass is 9.92. The van der Waals surface area contributed by atoms with Crippen molar-refractivity contribution in [2.24, 2.45) is 0 Å². The maximum atomic E-state index is 12.9. The first kappa shape index (κ1) is 18.9. The molecule has 3 atom stereocenters. The van der Waals surface area contributed by atoms with Gasteiger partial charge >= 0.3 is 0 Å². The van der Waals surface area contributed by atoms with Crippen molar-refractivity contribution < 1.29 is 9.53 Å². The molecule has 2 aliphatic rings. The summed E-state index contributed by atoms with van der Waals surface area (Å²) in [5.74, 6) is 0.740. The van der Waals surface area contributed by atoms with Crippen LogP contribution in [0.25, 0.3) is 0 Å². The summed E-state index contributed by atoms with van der Waals surface area (Å²) < 4.78 is 8.17. The SMILES string of the molecule is Cc1ccccc1OC1CCCCC1NC(=O)c1nnn(C2CCNC2)c1C. The van der Waals surface area contributed by atoms with E-state index in [1.54, 1.807) is 0 Å². The lowest BCUT2D eigenvalue weighted by Gasteiger charge is -2.32. The van der Waals surface area contributed by atoms with Gasteiger partial charge in [0.15, 0.2) is 5.69 Å². The Balaban J connectivity index is 1.46. The third kappa shape index (κ3) is 3.90. The van der Waals surface area contributed by atoms with Crippen LogP contribution in [-0.2, 0) is 0 Å². The van der Waals surface area contributed by atoms with Gasteiger partial charge in [0.05, 0.1) is 17.8 Å². The predicted molar refractivity (Wildman–Crippen MR) is 107 cm³/mol. The van der Waals surface area contributed by atoms with Crippen molar-refractivity contribution in [3.8, 4) is 5.75 Å². The quantitative estimate of drug-likeness (QED) is 0.829. The van der Waals surface area contributed by atoms with Gasteiger partial charge in [0.2, 0.25) is 0 Å².